The summed E-state index contributed by atoms with van der Waals surface area (Å²) in [6, 6.07) is 3.46. The first-order chi connectivity index (χ1) is 7.76. The van der Waals surface area contributed by atoms with Crippen LogP contribution >= 0.6 is 0 Å². The summed E-state index contributed by atoms with van der Waals surface area (Å²) in [4.78, 5) is 10.3. The molecule has 0 spiro atoms. The summed E-state index contributed by atoms with van der Waals surface area (Å²) >= 11 is 0. The number of rotatable bonds is 5. The normalized spacial score (nSPS) is 10.2. The van der Waals surface area contributed by atoms with E-state index in [2.05, 4.69) is 0 Å². The summed E-state index contributed by atoms with van der Waals surface area (Å²) in [6.07, 6.45) is 3.74. The van der Waals surface area contributed by atoms with Gasteiger partial charge in [-0.05, 0) is 18.2 Å². The molecule has 0 aliphatic heterocycles. The molecule has 16 heavy (non-hydrogen) atoms. The van der Waals surface area contributed by atoms with Gasteiger partial charge in [0.25, 0.3) is 0 Å². The average Bonchev–Trinajstić information content (AvgIpc) is 2.35. The standard InChI is InChI=1S/C12H14O4/c1-14-10-8-12(16-3)11(15-2)7-9(10)5-4-6-13/h4-8H,1-3H3/b5-4+. The summed E-state index contributed by atoms with van der Waals surface area (Å²) in [5.41, 5.74) is 0.757. The molecule has 4 heteroatoms. The van der Waals surface area contributed by atoms with Gasteiger partial charge in [-0.2, -0.15) is 0 Å². The molecule has 0 aliphatic carbocycles. The fraction of sp³-hybridized carbons (Fsp3) is 0.250. The molecule has 86 valence electrons. The molecule has 0 N–H and O–H groups in total. The van der Waals surface area contributed by atoms with Crippen LogP contribution in [0, 0.1) is 0 Å². The Bertz CT molecular complexity index is 396. The number of aldehydes is 1. The molecule has 0 aliphatic rings. The van der Waals surface area contributed by atoms with E-state index < -0.39 is 0 Å². The van der Waals surface area contributed by atoms with Crippen molar-refractivity contribution in [3.8, 4) is 17.2 Å². The van der Waals surface area contributed by atoms with E-state index in [-0.39, 0.29) is 0 Å². The third kappa shape index (κ3) is 2.53. The zero-order valence-corrected chi connectivity index (χ0v) is 9.52. The lowest BCUT2D eigenvalue weighted by atomic mass is 10.1. The lowest BCUT2D eigenvalue weighted by Gasteiger charge is -2.11. The number of hydrogen-bond acceptors (Lipinski definition) is 4. The molecular formula is C12H14O4. The quantitative estimate of drug-likeness (QED) is 0.564. The SMILES string of the molecule is COc1cc(OC)c(OC)cc1/C=C/C=O. The van der Waals surface area contributed by atoms with E-state index in [1.165, 1.54) is 6.08 Å². The van der Waals surface area contributed by atoms with Crippen LogP contribution in [0.25, 0.3) is 6.08 Å². The zero-order valence-electron chi connectivity index (χ0n) is 9.52. The first kappa shape index (κ1) is 12.1. The van der Waals surface area contributed by atoms with Crippen LogP contribution < -0.4 is 14.2 Å². The molecule has 0 atom stereocenters. The van der Waals surface area contributed by atoms with Gasteiger partial charge in [-0.15, -0.1) is 0 Å². The average molecular weight is 222 g/mol. The van der Waals surface area contributed by atoms with Crippen molar-refractivity contribution in [2.24, 2.45) is 0 Å². The van der Waals surface area contributed by atoms with Gasteiger partial charge in [0.15, 0.2) is 11.5 Å². The molecule has 0 bridgehead atoms. The topological polar surface area (TPSA) is 44.8 Å². The maximum Gasteiger partial charge on any atom is 0.164 e. The Labute approximate surface area is 94.4 Å². The van der Waals surface area contributed by atoms with E-state index in [0.717, 1.165) is 5.56 Å². The second kappa shape index (κ2) is 5.80. The Morgan fingerprint density at radius 1 is 0.938 bits per heavy atom. The highest BCUT2D eigenvalue weighted by Gasteiger charge is 2.09. The van der Waals surface area contributed by atoms with E-state index in [4.69, 9.17) is 14.2 Å². The van der Waals surface area contributed by atoms with Gasteiger partial charge in [-0.1, -0.05) is 0 Å². The summed E-state index contributed by atoms with van der Waals surface area (Å²) < 4.78 is 15.5. The van der Waals surface area contributed by atoms with Crippen molar-refractivity contribution >= 4 is 12.4 Å². The second-order valence-corrected chi connectivity index (χ2v) is 2.94. The summed E-state index contributed by atoms with van der Waals surface area (Å²) in [7, 11) is 4.66. The molecule has 0 saturated heterocycles. The minimum absolute atomic E-state index is 0.586. The van der Waals surface area contributed by atoms with Crippen molar-refractivity contribution in [2.45, 2.75) is 0 Å². The van der Waals surface area contributed by atoms with Gasteiger partial charge in [0.1, 0.15) is 12.0 Å². The Kier molecular flexibility index (Phi) is 4.39. The fourth-order valence-electron chi connectivity index (χ4n) is 1.33. The van der Waals surface area contributed by atoms with Crippen molar-refractivity contribution in [1.82, 2.24) is 0 Å². The van der Waals surface area contributed by atoms with E-state index in [1.54, 1.807) is 39.5 Å². The summed E-state index contributed by atoms with van der Waals surface area (Å²) in [5.74, 6) is 1.80. The fourth-order valence-corrected chi connectivity index (χ4v) is 1.33. The number of hydrogen-bond donors (Lipinski definition) is 0. The third-order valence-electron chi connectivity index (χ3n) is 2.09. The third-order valence-corrected chi connectivity index (χ3v) is 2.09. The first-order valence-corrected chi connectivity index (χ1v) is 4.68. The summed E-state index contributed by atoms with van der Waals surface area (Å²) in [5, 5.41) is 0. The van der Waals surface area contributed by atoms with E-state index in [9.17, 15) is 4.79 Å². The Balaban J connectivity index is 3.25. The van der Waals surface area contributed by atoms with E-state index >= 15 is 0 Å². The van der Waals surface area contributed by atoms with Gasteiger partial charge >= 0.3 is 0 Å². The van der Waals surface area contributed by atoms with Crippen molar-refractivity contribution < 1.29 is 19.0 Å². The molecule has 0 amide bonds. The molecule has 0 fully saturated rings. The molecule has 1 rings (SSSR count). The van der Waals surface area contributed by atoms with Gasteiger partial charge in [0.05, 0.1) is 21.3 Å². The van der Waals surface area contributed by atoms with Crippen LogP contribution in [-0.2, 0) is 4.79 Å². The second-order valence-electron chi connectivity index (χ2n) is 2.94. The van der Waals surface area contributed by atoms with Crippen molar-refractivity contribution in [1.29, 1.82) is 0 Å². The minimum atomic E-state index is 0.586. The highest BCUT2D eigenvalue weighted by Crippen LogP contribution is 2.35. The molecule has 1 aromatic carbocycles. The molecular weight excluding hydrogens is 208 g/mol. The zero-order chi connectivity index (χ0) is 12.0. The van der Waals surface area contributed by atoms with Gasteiger partial charge < -0.3 is 14.2 Å². The van der Waals surface area contributed by atoms with Crippen molar-refractivity contribution in [2.75, 3.05) is 21.3 Å². The smallest absolute Gasteiger partial charge is 0.164 e. The van der Waals surface area contributed by atoms with Crippen LogP contribution in [0.15, 0.2) is 18.2 Å². The number of carbonyl (C=O) groups is 1. The van der Waals surface area contributed by atoms with Crippen LogP contribution in [-0.4, -0.2) is 27.6 Å². The van der Waals surface area contributed by atoms with Crippen LogP contribution in [0.1, 0.15) is 5.56 Å². The number of benzene rings is 1. The van der Waals surface area contributed by atoms with Gasteiger partial charge in [0.2, 0.25) is 0 Å². The molecule has 0 heterocycles. The number of methoxy groups -OCH3 is 3. The molecule has 0 saturated carbocycles. The maximum atomic E-state index is 10.3. The van der Waals surface area contributed by atoms with E-state index in [0.29, 0.717) is 23.5 Å². The maximum absolute atomic E-state index is 10.3. The number of allylic oxidation sites excluding steroid dienone is 1. The molecule has 0 radical (unpaired) electrons. The molecule has 0 unspecified atom stereocenters. The van der Waals surface area contributed by atoms with Crippen molar-refractivity contribution in [3.05, 3.63) is 23.8 Å². The van der Waals surface area contributed by atoms with E-state index in [1.807, 2.05) is 0 Å². The predicted octanol–water partition coefficient (Wildman–Crippen LogP) is 1.92. The number of ether oxygens (including phenoxy) is 3. The van der Waals surface area contributed by atoms with Gasteiger partial charge in [-0.3, -0.25) is 4.79 Å². The Morgan fingerprint density at radius 3 is 2.00 bits per heavy atom. The predicted molar refractivity (Wildman–Crippen MR) is 61.2 cm³/mol. The lowest BCUT2D eigenvalue weighted by Crippen LogP contribution is -1.94. The molecule has 1 aromatic rings. The van der Waals surface area contributed by atoms with Gasteiger partial charge in [0, 0.05) is 11.6 Å². The number of carbonyl (C=O) groups excluding carboxylic acids is 1. The highest BCUT2D eigenvalue weighted by molar-refractivity contribution is 5.76. The molecule has 4 nitrogen and oxygen atoms in total. The van der Waals surface area contributed by atoms with Gasteiger partial charge in [-0.25, -0.2) is 0 Å². The van der Waals surface area contributed by atoms with Crippen LogP contribution in [0.2, 0.25) is 0 Å². The minimum Gasteiger partial charge on any atom is -0.496 e. The highest BCUT2D eigenvalue weighted by atomic mass is 16.5. The van der Waals surface area contributed by atoms with Crippen molar-refractivity contribution in [3.63, 3.8) is 0 Å². The van der Waals surface area contributed by atoms with Crippen LogP contribution in [0.5, 0.6) is 17.2 Å². The first-order valence-electron chi connectivity index (χ1n) is 4.68. The Hall–Kier alpha value is -1.97. The largest absolute Gasteiger partial charge is 0.496 e. The monoisotopic (exact) mass is 222 g/mol. The summed E-state index contributed by atoms with van der Waals surface area (Å²) in [6.45, 7) is 0. The molecule has 0 aromatic heterocycles. The van der Waals surface area contributed by atoms with Crippen LogP contribution in [0.3, 0.4) is 0 Å². The lowest BCUT2D eigenvalue weighted by molar-refractivity contribution is -0.104. The Morgan fingerprint density at radius 2 is 1.50 bits per heavy atom. The van der Waals surface area contributed by atoms with Crippen LogP contribution in [0.4, 0.5) is 0 Å².